The van der Waals surface area contributed by atoms with Crippen LogP contribution in [0, 0.1) is 5.92 Å². The maximum absolute atomic E-state index is 5.68. The van der Waals surface area contributed by atoms with Crippen molar-refractivity contribution >= 4 is 0 Å². The van der Waals surface area contributed by atoms with E-state index < -0.39 is 0 Å². The summed E-state index contributed by atoms with van der Waals surface area (Å²) in [7, 11) is 0. The van der Waals surface area contributed by atoms with E-state index in [1.54, 1.807) is 0 Å². The molecule has 9 heavy (non-hydrogen) atoms. The molecule has 0 aromatic carbocycles. The van der Waals surface area contributed by atoms with Gasteiger partial charge in [0.1, 0.15) is 0 Å². The molecule has 0 bridgehead atoms. The summed E-state index contributed by atoms with van der Waals surface area (Å²) in [5.74, 6) is 0.583. The topological polar surface area (TPSA) is 52.0 Å². The van der Waals surface area contributed by atoms with Crippen LogP contribution in [0.4, 0.5) is 0 Å². The Hall–Kier alpha value is -0.0800. The van der Waals surface area contributed by atoms with Gasteiger partial charge in [-0.05, 0) is 12.3 Å². The van der Waals surface area contributed by atoms with Gasteiger partial charge in [0.25, 0.3) is 0 Å². The minimum Gasteiger partial charge on any atom is -0.329 e. The lowest BCUT2D eigenvalue weighted by atomic mass is 9.98. The fourth-order valence-electron chi connectivity index (χ4n) is 0.902. The van der Waals surface area contributed by atoms with E-state index in [2.05, 4.69) is 13.8 Å². The SMILES string of the molecule is CCCC(C)C(N)CN. The fraction of sp³-hybridized carbons (Fsp3) is 1.00. The highest BCUT2D eigenvalue weighted by Gasteiger charge is 2.08. The van der Waals surface area contributed by atoms with E-state index in [-0.39, 0.29) is 6.04 Å². The largest absolute Gasteiger partial charge is 0.329 e. The first-order chi connectivity index (χ1) is 4.22. The molecule has 4 N–H and O–H groups in total. The Kier molecular flexibility index (Phi) is 4.72. The average molecular weight is 130 g/mol. The van der Waals surface area contributed by atoms with Crippen molar-refractivity contribution in [1.29, 1.82) is 0 Å². The molecule has 0 rings (SSSR count). The Balaban J connectivity index is 3.32. The zero-order chi connectivity index (χ0) is 7.28. The molecule has 0 saturated heterocycles. The molecule has 2 unspecified atom stereocenters. The molecular weight excluding hydrogens is 112 g/mol. The van der Waals surface area contributed by atoms with Gasteiger partial charge in [-0.2, -0.15) is 0 Å². The highest BCUT2D eigenvalue weighted by atomic mass is 14.7. The zero-order valence-corrected chi connectivity index (χ0v) is 6.43. The van der Waals surface area contributed by atoms with E-state index >= 15 is 0 Å². The van der Waals surface area contributed by atoms with Gasteiger partial charge in [0.2, 0.25) is 0 Å². The van der Waals surface area contributed by atoms with Crippen molar-refractivity contribution in [2.75, 3.05) is 6.54 Å². The standard InChI is InChI=1S/C7H18N2/c1-3-4-6(2)7(9)5-8/h6-7H,3-5,8-9H2,1-2H3. The van der Waals surface area contributed by atoms with Gasteiger partial charge < -0.3 is 11.5 Å². The molecule has 2 atom stereocenters. The minimum atomic E-state index is 0.199. The summed E-state index contributed by atoms with van der Waals surface area (Å²) in [5, 5.41) is 0. The predicted molar refractivity (Wildman–Crippen MR) is 41.1 cm³/mol. The number of rotatable bonds is 4. The minimum absolute atomic E-state index is 0.199. The predicted octanol–water partition coefficient (Wildman–Crippen LogP) is 0.709. The molecule has 0 heterocycles. The van der Waals surface area contributed by atoms with E-state index in [1.165, 1.54) is 12.8 Å². The van der Waals surface area contributed by atoms with Crippen molar-refractivity contribution in [2.24, 2.45) is 17.4 Å². The van der Waals surface area contributed by atoms with Gasteiger partial charge in [-0.15, -0.1) is 0 Å². The fourth-order valence-corrected chi connectivity index (χ4v) is 0.902. The van der Waals surface area contributed by atoms with Gasteiger partial charge in [0.05, 0.1) is 0 Å². The highest BCUT2D eigenvalue weighted by molar-refractivity contribution is 4.68. The molecule has 0 spiro atoms. The Morgan fingerprint density at radius 3 is 2.33 bits per heavy atom. The number of hydrogen-bond acceptors (Lipinski definition) is 2. The normalized spacial score (nSPS) is 17.3. The van der Waals surface area contributed by atoms with E-state index in [1.807, 2.05) is 0 Å². The molecule has 0 aliphatic carbocycles. The third kappa shape index (κ3) is 3.49. The molecule has 0 aromatic rings. The van der Waals surface area contributed by atoms with Gasteiger partial charge in [-0.1, -0.05) is 20.3 Å². The number of nitrogens with two attached hydrogens (primary N) is 2. The Morgan fingerprint density at radius 2 is 2.00 bits per heavy atom. The Labute approximate surface area is 57.6 Å². The smallest absolute Gasteiger partial charge is 0.0189 e. The molecule has 0 amide bonds. The summed E-state index contributed by atoms with van der Waals surface area (Å²) >= 11 is 0. The molecule has 0 aliphatic rings. The van der Waals surface area contributed by atoms with Crippen LogP contribution in [0.5, 0.6) is 0 Å². The van der Waals surface area contributed by atoms with Gasteiger partial charge in [0, 0.05) is 12.6 Å². The lowest BCUT2D eigenvalue weighted by Crippen LogP contribution is -2.35. The van der Waals surface area contributed by atoms with E-state index in [0.717, 1.165) is 0 Å². The maximum atomic E-state index is 5.68. The van der Waals surface area contributed by atoms with Crippen LogP contribution >= 0.6 is 0 Å². The van der Waals surface area contributed by atoms with Crippen LogP contribution in [0.1, 0.15) is 26.7 Å². The molecular formula is C7H18N2. The van der Waals surface area contributed by atoms with Crippen LogP contribution < -0.4 is 11.5 Å². The first kappa shape index (κ1) is 8.92. The van der Waals surface area contributed by atoms with E-state index in [4.69, 9.17) is 11.5 Å². The molecule has 0 aliphatic heterocycles. The van der Waals surface area contributed by atoms with Crippen molar-refractivity contribution in [1.82, 2.24) is 0 Å². The molecule has 56 valence electrons. The third-order valence-corrected chi connectivity index (χ3v) is 1.75. The van der Waals surface area contributed by atoms with Crippen molar-refractivity contribution in [3.05, 3.63) is 0 Å². The summed E-state index contributed by atoms with van der Waals surface area (Å²) in [6.07, 6.45) is 2.40. The van der Waals surface area contributed by atoms with Crippen LogP contribution in [-0.2, 0) is 0 Å². The summed E-state index contributed by atoms with van der Waals surface area (Å²) < 4.78 is 0. The monoisotopic (exact) mass is 130 g/mol. The second-order valence-electron chi connectivity index (χ2n) is 2.67. The van der Waals surface area contributed by atoms with Gasteiger partial charge >= 0.3 is 0 Å². The van der Waals surface area contributed by atoms with E-state index in [0.29, 0.717) is 12.5 Å². The maximum Gasteiger partial charge on any atom is 0.0189 e. The Morgan fingerprint density at radius 1 is 1.44 bits per heavy atom. The lowest BCUT2D eigenvalue weighted by Gasteiger charge is -2.16. The molecule has 0 saturated carbocycles. The summed E-state index contributed by atoms with van der Waals surface area (Å²) in [6.45, 7) is 4.93. The van der Waals surface area contributed by atoms with Crippen LogP contribution in [0.15, 0.2) is 0 Å². The van der Waals surface area contributed by atoms with Crippen molar-refractivity contribution in [2.45, 2.75) is 32.7 Å². The van der Waals surface area contributed by atoms with Crippen LogP contribution in [-0.4, -0.2) is 12.6 Å². The molecule has 0 radical (unpaired) electrons. The van der Waals surface area contributed by atoms with Crippen LogP contribution in [0.25, 0.3) is 0 Å². The van der Waals surface area contributed by atoms with Crippen LogP contribution in [0.3, 0.4) is 0 Å². The molecule has 2 heteroatoms. The van der Waals surface area contributed by atoms with Crippen molar-refractivity contribution < 1.29 is 0 Å². The molecule has 0 aromatic heterocycles. The molecule has 2 nitrogen and oxygen atoms in total. The van der Waals surface area contributed by atoms with Crippen LogP contribution in [0.2, 0.25) is 0 Å². The van der Waals surface area contributed by atoms with Gasteiger partial charge in [-0.3, -0.25) is 0 Å². The summed E-state index contributed by atoms with van der Waals surface area (Å²) in [4.78, 5) is 0. The van der Waals surface area contributed by atoms with Gasteiger partial charge in [0.15, 0.2) is 0 Å². The first-order valence-corrected chi connectivity index (χ1v) is 3.68. The lowest BCUT2D eigenvalue weighted by molar-refractivity contribution is 0.428. The summed E-state index contributed by atoms with van der Waals surface area (Å²) in [5.41, 5.74) is 11.1. The van der Waals surface area contributed by atoms with E-state index in [9.17, 15) is 0 Å². The quantitative estimate of drug-likeness (QED) is 0.589. The second-order valence-corrected chi connectivity index (χ2v) is 2.67. The summed E-state index contributed by atoms with van der Waals surface area (Å²) in [6, 6.07) is 0.199. The molecule has 0 fully saturated rings. The number of hydrogen-bond donors (Lipinski definition) is 2. The Bertz CT molecular complexity index is 63.9. The highest BCUT2D eigenvalue weighted by Crippen LogP contribution is 2.06. The van der Waals surface area contributed by atoms with Crippen molar-refractivity contribution in [3.8, 4) is 0 Å². The third-order valence-electron chi connectivity index (χ3n) is 1.75. The average Bonchev–Trinajstić information content (AvgIpc) is 1.87. The van der Waals surface area contributed by atoms with Gasteiger partial charge in [-0.25, -0.2) is 0 Å². The zero-order valence-electron chi connectivity index (χ0n) is 6.43. The van der Waals surface area contributed by atoms with Crippen molar-refractivity contribution in [3.63, 3.8) is 0 Å². The first-order valence-electron chi connectivity index (χ1n) is 3.68. The second kappa shape index (κ2) is 4.77.